The van der Waals surface area contributed by atoms with Crippen LogP contribution in [0.3, 0.4) is 0 Å². The van der Waals surface area contributed by atoms with Crippen LogP contribution in [0.1, 0.15) is 22.8 Å². The highest BCUT2D eigenvalue weighted by Gasteiger charge is 2.46. The van der Waals surface area contributed by atoms with Crippen LogP contribution < -0.4 is 19.5 Å². The van der Waals surface area contributed by atoms with Gasteiger partial charge in [-0.3, -0.25) is 0 Å². The second-order valence-electron chi connectivity index (χ2n) is 5.11. The van der Waals surface area contributed by atoms with Crippen molar-refractivity contribution in [2.45, 2.75) is 24.7 Å². The van der Waals surface area contributed by atoms with E-state index in [4.69, 9.17) is 0 Å². The number of rotatable bonds is 5. The van der Waals surface area contributed by atoms with Crippen molar-refractivity contribution in [1.82, 2.24) is 0 Å². The Balaban J connectivity index is 2.14. The van der Waals surface area contributed by atoms with Gasteiger partial charge in [0.25, 0.3) is 0 Å². The Morgan fingerprint density at radius 3 is 2.68 bits per heavy atom. The van der Waals surface area contributed by atoms with E-state index in [0.29, 0.717) is 0 Å². The maximum atomic E-state index is 10.8. The van der Waals surface area contributed by atoms with Crippen molar-refractivity contribution in [3.63, 3.8) is 0 Å². The van der Waals surface area contributed by atoms with Crippen molar-refractivity contribution in [3.05, 3.63) is 30.1 Å². The molecule has 0 radical (unpaired) electrons. The topological polar surface area (TPSA) is 157 Å². The molecule has 4 atom stereocenters. The zero-order valence-electron chi connectivity index (χ0n) is 11.3. The lowest BCUT2D eigenvalue weighted by Gasteiger charge is -2.30. The van der Waals surface area contributed by atoms with Gasteiger partial charge in [0.05, 0.1) is 32.1 Å². The van der Waals surface area contributed by atoms with Crippen molar-refractivity contribution in [3.8, 4) is 0 Å². The highest BCUT2D eigenvalue weighted by Crippen LogP contribution is 2.35. The summed E-state index contributed by atoms with van der Waals surface area (Å²) < 4.78 is 16.0. The molecule has 0 aliphatic heterocycles. The molecule has 0 bridgehead atoms. The predicted molar refractivity (Wildman–Crippen MR) is 63.7 cm³/mol. The second kappa shape index (κ2) is 6.41. The number of carbonyl (C=O) groups is 1. The van der Waals surface area contributed by atoms with E-state index < -0.39 is 44.6 Å². The number of aliphatic hydroxyl groups is 2. The van der Waals surface area contributed by atoms with Crippen LogP contribution in [0, 0.1) is 5.92 Å². The van der Waals surface area contributed by atoms with Gasteiger partial charge < -0.3 is 39.0 Å². The molecule has 0 aromatic carbocycles. The monoisotopic (exact) mass is 331 g/mol. The molecule has 10 heteroatoms. The van der Waals surface area contributed by atoms with Crippen LogP contribution in [-0.2, 0) is 9.09 Å². The number of hydrogen-bond acceptors (Lipinski definition) is 8. The maximum absolute atomic E-state index is 10.8. The first-order chi connectivity index (χ1) is 10.2. The summed E-state index contributed by atoms with van der Waals surface area (Å²) in [7, 11) is -5.16. The van der Waals surface area contributed by atoms with Gasteiger partial charge in [0.1, 0.15) is 6.10 Å². The molecule has 1 aliphatic carbocycles. The molecule has 1 fully saturated rings. The van der Waals surface area contributed by atoms with E-state index in [0.717, 1.165) is 0 Å². The normalized spacial score (nSPS) is 28.7. The number of nitrogens with zero attached hydrogens (tertiary/aromatic N) is 1. The largest absolute Gasteiger partial charge is 0.790 e. The minimum absolute atomic E-state index is 0.104. The highest BCUT2D eigenvalue weighted by atomic mass is 31.2. The van der Waals surface area contributed by atoms with Gasteiger partial charge in [-0.05, 0) is 6.07 Å². The number of aliphatic hydroxyl groups excluding tert-OH is 2. The first kappa shape index (κ1) is 17.0. The summed E-state index contributed by atoms with van der Waals surface area (Å²) in [5.74, 6) is -2.16. The summed E-state index contributed by atoms with van der Waals surface area (Å²) in [6.07, 6.45) is 0.306. The summed E-state index contributed by atoms with van der Waals surface area (Å²) in [6.45, 7) is -0.542. The smallest absolute Gasteiger partial charge is 0.186 e. The number of pyridine rings is 1. The number of hydrogen-bond donors (Lipinski definition) is 2. The molecule has 0 saturated heterocycles. The van der Waals surface area contributed by atoms with Crippen LogP contribution in [-0.4, -0.2) is 35.0 Å². The summed E-state index contributed by atoms with van der Waals surface area (Å²) in [5, 5.41) is 30.8. The summed E-state index contributed by atoms with van der Waals surface area (Å²) >= 11 is 0. The van der Waals surface area contributed by atoms with Gasteiger partial charge in [0.15, 0.2) is 18.4 Å². The number of aromatic carboxylic acids is 1. The molecule has 1 aromatic heterocycles. The van der Waals surface area contributed by atoms with Crippen molar-refractivity contribution >= 4 is 13.8 Å². The molecule has 22 heavy (non-hydrogen) atoms. The quantitative estimate of drug-likeness (QED) is 0.415. The Labute approximate surface area is 125 Å². The third-order valence-corrected chi connectivity index (χ3v) is 4.12. The van der Waals surface area contributed by atoms with Gasteiger partial charge >= 0.3 is 0 Å². The van der Waals surface area contributed by atoms with E-state index >= 15 is 0 Å². The second-order valence-corrected chi connectivity index (χ2v) is 6.27. The highest BCUT2D eigenvalue weighted by molar-refractivity contribution is 7.43. The van der Waals surface area contributed by atoms with Gasteiger partial charge in [-0.2, -0.15) is 4.57 Å². The maximum Gasteiger partial charge on any atom is 0.186 e. The third-order valence-electron chi connectivity index (χ3n) is 3.66. The number of carboxylic acid groups (broad SMARTS) is 1. The number of phosphoric acid groups is 1. The molecule has 0 spiro atoms. The third kappa shape index (κ3) is 3.89. The number of phosphoric ester groups is 1. The van der Waals surface area contributed by atoms with Crippen molar-refractivity contribution in [2.24, 2.45) is 5.92 Å². The fourth-order valence-corrected chi connectivity index (χ4v) is 2.94. The van der Waals surface area contributed by atoms with E-state index in [9.17, 15) is 34.5 Å². The fraction of sp³-hybridized carbons (Fsp3) is 0.500. The summed E-state index contributed by atoms with van der Waals surface area (Å²) in [5.41, 5.74) is -0.104. The average molecular weight is 331 g/mol. The summed E-state index contributed by atoms with van der Waals surface area (Å²) in [4.78, 5) is 31.8. The van der Waals surface area contributed by atoms with Crippen molar-refractivity contribution < 1.29 is 43.6 Å². The van der Waals surface area contributed by atoms with Crippen molar-refractivity contribution in [1.29, 1.82) is 0 Å². The number of carboxylic acids is 1. The van der Waals surface area contributed by atoms with Crippen LogP contribution in [0.5, 0.6) is 0 Å². The van der Waals surface area contributed by atoms with Crippen LogP contribution >= 0.6 is 7.82 Å². The lowest BCUT2D eigenvalue weighted by Crippen LogP contribution is -2.46. The Hall–Kier alpha value is -1.35. The Kier molecular flexibility index (Phi) is 4.96. The van der Waals surface area contributed by atoms with Crippen LogP contribution in [0.2, 0.25) is 0 Å². The minimum Gasteiger partial charge on any atom is -0.790 e. The van der Waals surface area contributed by atoms with E-state index in [1.54, 1.807) is 0 Å². The molecular weight excluding hydrogens is 317 g/mol. The molecule has 1 heterocycles. The number of carbonyl (C=O) groups excluding carboxylic acids is 1. The van der Waals surface area contributed by atoms with Crippen LogP contribution in [0.15, 0.2) is 24.5 Å². The van der Waals surface area contributed by atoms with E-state index in [1.807, 2.05) is 0 Å². The molecule has 0 amide bonds. The fourth-order valence-electron chi connectivity index (χ4n) is 2.57. The van der Waals surface area contributed by atoms with Gasteiger partial charge in [-0.25, -0.2) is 0 Å². The van der Waals surface area contributed by atoms with Crippen LogP contribution in [0.25, 0.3) is 0 Å². The lowest BCUT2D eigenvalue weighted by atomic mass is 10.1. The zero-order chi connectivity index (χ0) is 16.5. The minimum atomic E-state index is -5.16. The van der Waals surface area contributed by atoms with Gasteiger partial charge in [0.2, 0.25) is 0 Å². The Morgan fingerprint density at radius 1 is 1.41 bits per heavy atom. The molecule has 0 unspecified atom stereocenters. The molecule has 1 aromatic rings. The molecule has 9 nitrogen and oxygen atoms in total. The predicted octanol–water partition coefficient (Wildman–Crippen LogP) is -3.53. The van der Waals surface area contributed by atoms with Gasteiger partial charge in [-0.15, -0.1) is 0 Å². The summed E-state index contributed by atoms with van der Waals surface area (Å²) in [6, 6.07) is 2.08. The molecule has 2 N–H and O–H groups in total. The van der Waals surface area contributed by atoms with E-state index in [1.165, 1.54) is 29.1 Å². The standard InChI is InChI=1S/C12H16NO8P/c14-10-8(6-21-22(18,19)20)4-9(11(10)15)13-3-1-2-7(5-13)12(16)17/h1-3,5,8-11,14-15H,4,6H2,(H2-,16,17,18,19,20)/p-2/t8-,9-,10-,11+/m1/s1. The molecule has 122 valence electrons. The Morgan fingerprint density at radius 2 is 2.09 bits per heavy atom. The molecule has 1 saturated carbocycles. The molecule has 1 aliphatic rings. The van der Waals surface area contributed by atoms with Crippen LogP contribution in [0.4, 0.5) is 0 Å². The molecular formula is C12H14NO8P-2. The number of aromatic nitrogens is 1. The first-order valence-corrected chi connectivity index (χ1v) is 7.90. The molecule has 2 rings (SSSR count). The van der Waals surface area contributed by atoms with Crippen molar-refractivity contribution in [2.75, 3.05) is 6.61 Å². The van der Waals surface area contributed by atoms with Gasteiger partial charge in [-0.1, -0.05) is 0 Å². The van der Waals surface area contributed by atoms with E-state index in [2.05, 4.69) is 4.52 Å². The Bertz CT molecular complexity index is 603. The average Bonchev–Trinajstić information content (AvgIpc) is 2.72. The van der Waals surface area contributed by atoms with Gasteiger partial charge in [0, 0.05) is 18.4 Å². The van der Waals surface area contributed by atoms with E-state index in [-0.39, 0.29) is 12.0 Å². The SMILES string of the molecule is O=C([O-])c1ccc[n+]([C@@H]2C[C@H](COP(=O)([O-])[O-])[C@@H](O)[C@H]2O)c1. The first-order valence-electron chi connectivity index (χ1n) is 6.44. The lowest BCUT2D eigenvalue weighted by molar-refractivity contribution is -0.729. The zero-order valence-corrected chi connectivity index (χ0v) is 12.2.